The predicted molar refractivity (Wildman–Crippen MR) is 99.6 cm³/mol. The number of piperidine rings is 1. The van der Waals surface area contributed by atoms with E-state index in [1.165, 1.54) is 6.42 Å². The average molecular weight is 365 g/mol. The molecule has 2 aliphatic heterocycles. The molecule has 6 nitrogen and oxygen atoms in total. The summed E-state index contributed by atoms with van der Waals surface area (Å²) in [7, 11) is 1.74. The summed E-state index contributed by atoms with van der Waals surface area (Å²) in [4.78, 5) is 21.7. The minimum Gasteiger partial charge on any atom is -0.379 e. The van der Waals surface area contributed by atoms with E-state index in [0.29, 0.717) is 6.54 Å². The van der Waals surface area contributed by atoms with Gasteiger partial charge >= 0.3 is 0 Å². The summed E-state index contributed by atoms with van der Waals surface area (Å²) in [6, 6.07) is 5.88. The number of likely N-dealkylation sites (tertiary alicyclic amines) is 1. The van der Waals surface area contributed by atoms with Crippen molar-refractivity contribution in [3.8, 4) is 0 Å². The number of carbonyl (C=O) groups excluding carboxylic acids is 1. The van der Waals surface area contributed by atoms with E-state index in [2.05, 4.69) is 20.1 Å². The first-order valence-corrected chi connectivity index (χ1v) is 9.93. The normalized spacial score (nSPS) is 22.3. The number of rotatable bonds is 6. The molecule has 0 aliphatic carbocycles. The summed E-state index contributed by atoms with van der Waals surface area (Å²) in [6.45, 7) is 5.81. The monoisotopic (exact) mass is 364 g/mol. The van der Waals surface area contributed by atoms with E-state index in [1.54, 1.807) is 25.0 Å². The molecule has 0 spiro atoms. The molecule has 0 saturated carbocycles. The zero-order chi connectivity index (χ0) is 17.5. The quantitative estimate of drug-likeness (QED) is 0.771. The van der Waals surface area contributed by atoms with Gasteiger partial charge in [-0.15, -0.1) is 0 Å². The molecule has 2 saturated heterocycles. The Kier molecular flexibility index (Phi) is 6.70. The van der Waals surface area contributed by atoms with E-state index in [0.717, 1.165) is 57.3 Å². The second-order valence-corrected chi connectivity index (χ2v) is 7.87. The highest BCUT2D eigenvalue weighted by Crippen LogP contribution is 2.38. The maximum Gasteiger partial charge on any atom is 0.252 e. The molecular formula is C18H28N4O2S. The van der Waals surface area contributed by atoms with E-state index < -0.39 is 4.87 Å². The van der Waals surface area contributed by atoms with E-state index in [4.69, 9.17) is 4.74 Å². The number of hydrogen-bond acceptors (Lipinski definition) is 6. The fraction of sp³-hybridized carbons (Fsp3) is 0.667. The van der Waals surface area contributed by atoms with Crippen LogP contribution >= 0.6 is 11.8 Å². The Morgan fingerprint density at radius 1 is 1.24 bits per heavy atom. The largest absolute Gasteiger partial charge is 0.379 e. The lowest BCUT2D eigenvalue weighted by molar-refractivity contribution is -0.129. The lowest BCUT2D eigenvalue weighted by atomic mass is 10.1. The van der Waals surface area contributed by atoms with Crippen molar-refractivity contribution in [3.05, 3.63) is 24.4 Å². The second-order valence-electron chi connectivity index (χ2n) is 6.57. The predicted octanol–water partition coefficient (Wildman–Crippen LogP) is 1.43. The van der Waals surface area contributed by atoms with Gasteiger partial charge in [-0.3, -0.25) is 14.6 Å². The standard InChI is InChI=1S/C18H28N4O2S/c1-19-17(23)18(22-9-5-2-6-10-22,15-21-11-13-24-14-12-21)25-16-7-3-4-8-20-16/h3-4,7-8H,2,5-6,9-15H2,1H3,(H,19,23). The van der Waals surface area contributed by atoms with Gasteiger partial charge in [0.15, 0.2) is 4.87 Å². The Balaban J connectivity index is 1.91. The zero-order valence-electron chi connectivity index (χ0n) is 14.9. The lowest BCUT2D eigenvalue weighted by Crippen LogP contribution is -2.63. The molecule has 0 aromatic carbocycles. The number of aromatic nitrogens is 1. The summed E-state index contributed by atoms with van der Waals surface area (Å²) >= 11 is 1.59. The third-order valence-corrected chi connectivity index (χ3v) is 6.26. The molecule has 3 rings (SSSR count). The summed E-state index contributed by atoms with van der Waals surface area (Å²) in [5, 5.41) is 3.82. The topological polar surface area (TPSA) is 57.7 Å². The maximum absolute atomic E-state index is 13.2. The van der Waals surface area contributed by atoms with Crippen LogP contribution in [-0.2, 0) is 9.53 Å². The molecule has 1 aromatic heterocycles. The Morgan fingerprint density at radius 2 is 2.00 bits per heavy atom. The van der Waals surface area contributed by atoms with Gasteiger partial charge in [-0.05, 0) is 25.0 Å². The SMILES string of the molecule is CNC(=O)C(CN1CCOCC1)(Sc1ccccn1)N1CCCCC1. The molecular weight excluding hydrogens is 336 g/mol. The summed E-state index contributed by atoms with van der Waals surface area (Å²) in [5.74, 6) is 0.0662. The van der Waals surface area contributed by atoms with Crippen molar-refractivity contribution in [3.63, 3.8) is 0 Å². The van der Waals surface area contributed by atoms with Crippen LogP contribution in [0.3, 0.4) is 0 Å². The van der Waals surface area contributed by atoms with E-state index in [1.807, 2.05) is 18.2 Å². The molecule has 1 unspecified atom stereocenters. The van der Waals surface area contributed by atoms with Crippen molar-refractivity contribution in [2.75, 3.05) is 53.0 Å². The number of nitrogens with one attached hydrogen (secondary N) is 1. The van der Waals surface area contributed by atoms with Crippen molar-refractivity contribution < 1.29 is 9.53 Å². The number of likely N-dealkylation sites (N-methyl/N-ethyl adjacent to an activating group) is 1. The number of amides is 1. The Morgan fingerprint density at radius 3 is 2.64 bits per heavy atom. The van der Waals surface area contributed by atoms with Gasteiger partial charge in [0.2, 0.25) is 0 Å². The summed E-state index contributed by atoms with van der Waals surface area (Å²) in [6.07, 6.45) is 5.32. The van der Waals surface area contributed by atoms with E-state index in [9.17, 15) is 4.79 Å². The summed E-state index contributed by atoms with van der Waals surface area (Å²) < 4.78 is 5.49. The number of pyridine rings is 1. The molecule has 1 atom stereocenters. The van der Waals surface area contributed by atoms with Crippen LogP contribution in [-0.4, -0.2) is 78.5 Å². The fourth-order valence-corrected chi connectivity index (χ4v) is 4.91. The van der Waals surface area contributed by atoms with E-state index in [-0.39, 0.29) is 5.91 Å². The third-order valence-electron chi connectivity index (χ3n) is 4.90. The van der Waals surface area contributed by atoms with Crippen LogP contribution in [0.25, 0.3) is 0 Å². The molecule has 0 radical (unpaired) electrons. The van der Waals surface area contributed by atoms with Gasteiger partial charge in [0.05, 0.1) is 18.2 Å². The molecule has 7 heteroatoms. The Hall–Kier alpha value is -1.15. The molecule has 2 fully saturated rings. The molecule has 3 heterocycles. The average Bonchev–Trinajstić information content (AvgIpc) is 2.69. The highest BCUT2D eigenvalue weighted by molar-refractivity contribution is 8.01. The molecule has 138 valence electrons. The Labute approximate surface area is 154 Å². The van der Waals surface area contributed by atoms with Crippen LogP contribution in [0, 0.1) is 0 Å². The van der Waals surface area contributed by atoms with Crippen molar-refractivity contribution in [2.24, 2.45) is 0 Å². The van der Waals surface area contributed by atoms with Crippen LogP contribution < -0.4 is 5.32 Å². The van der Waals surface area contributed by atoms with Gasteiger partial charge in [-0.25, -0.2) is 4.98 Å². The smallest absolute Gasteiger partial charge is 0.252 e. The Bertz CT molecular complexity index is 547. The third kappa shape index (κ3) is 4.53. The number of morpholine rings is 1. The molecule has 1 N–H and O–H groups in total. The number of thioether (sulfide) groups is 1. The highest BCUT2D eigenvalue weighted by Gasteiger charge is 2.46. The van der Waals surface area contributed by atoms with Crippen molar-refractivity contribution in [2.45, 2.75) is 29.2 Å². The van der Waals surface area contributed by atoms with Crippen LogP contribution in [0.5, 0.6) is 0 Å². The minimum absolute atomic E-state index is 0.0662. The summed E-state index contributed by atoms with van der Waals surface area (Å²) in [5.41, 5.74) is 0. The van der Waals surface area contributed by atoms with Gasteiger partial charge in [-0.1, -0.05) is 24.2 Å². The van der Waals surface area contributed by atoms with Crippen LogP contribution in [0.1, 0.15) is 19.3 Å². The molecule has 0 bridgehead atoms. The minimum atomic E-state index is -0.652. The van der Waals surface area contributed by atoms with Crippen LogP contribution in [0.15, 0.2) is 29.4 Å². The van der Waals surface area contributed by atoms with Crippen LogP contribution in [0.2, 0.25) is 0 Å². The second kappa shape index (κ2) is 8.98. The molecule has 25 heavy (non-hydrogen) atoms. The van der Waals surface area contributed by atoms with Gasteiger partial charge < -0.3 is 10.1 Å². The maximum atomic E-state index is 13.2. The first-order valence-electron chi connectivity index (χ1n) is 9.12. The van der Waals surface area contributed by atoms with Crippen molar-refractivity contribution >= 4 is 17.7 Å². The lowest BCUT2D eigenvalue weighted by Gasteiger charge is -2.46. The van der Waals surface area contributed by atoms with Gasteiger partial charge in [0.25, 0.3) is 5.91 Å². The van der Waals surface area contributed by atoms with Gasteiger partial charge in [0, 0.05) is 46.0 Å². The molecule has 1 aromatic rings. The number of nitrogens with zero attached hydrogens (tertiary/aromatic N) is 3. The van der Waals surface area contributed by atoms with E-state index >= 15 is 0 Å². The van der Waals surface area contributed by atoms with Crippen molar-refractivity contribution in [1.29, 1.82) is 0 Å². The fourth-order valence-electron chi connectivity index (χ4n) is 3.55. The van der Waals surface area contributed by atoms with Crippen LogP contribution in [0.4, 0.5) is 0 Å². The number of ether oxygens (including phenoxy) is 1. The number of carbonyl (C=O) groups is 1. The number of hydrogen-bond donors (Lipinski definition) is 1. The first-order chi connectivity index (χ1) is 12.2. The molecule has 2 aliphatic rings. The highest BCUT2D eigenvalue weighted by atomic mass is 32.2. The molecule has 1 amide bonds. The first kappa shape index (κ1) is 18.6. The zero-order valence-corrected chi connectivity index (χ0v) is 15.8. The van der Waals surface area contributed by atoms with Gasteiger partial charge in [-0.2, -0.15) is 0 Å². The van der Waals surface area contributed by atoms with Crippen molar-refractivity contribution in [1.82, 2.24) is 20.1 Å². The van der Waals surface area contributed by atoms with Gasteiger partial charge in [0.1, 0.15) is 0 Å².